The molecule has 0 amide bonds. The minimum Gasteiger partial charge on any atom is -0.309 e. The number of nitrogens with zero attached hydrogens (tertiary/aromatic N) is 1. The number of benzene rings is 1. The van der Waals surface area contributed by atoms with Gasteiger partial charge in [0.2, 0.25) is 0 Å². The van der Waals surface area contributed by atoms with E-state index in [1.807, 2.05) is 23.1 Å². The number of hydrogen-bond donors (Lipinski definition) is 1. The maximum atomic E-state index is 4.87. The van der Waals surface area contributed by atoms with Crippen LogP contribution in [0.3, 0.4) is 0 Å². The van der Waals surface area contributed by atoms with Crippen LogP contribution < -0.4 is 5.32 Å². The molecule has 0 atom stereocenters. The third-order valence-corrected chi connectivity index (χ3v) is 5.85. The summed E-state index contributed by atoms with van der Waals surface area (Å²) < 4.78 is 0. The predicted molar refractivity (Wildman–Crippen MR) is 92.0 cm³/mol. The average molecular weight is 319 g/mol. The van der Waals surface area contributed by atoms with E-state index in [4.69, 9.17) is 4.98 Å². The van der Waals surface area contributed by atoms with Crippen molar-refractivity contribution in [3.8, 4) is 0 Å². The molecule has 2 nitrogen and oxygen atoms in total. The highest BCUT2D eigenvalue weighted by Gasteiger charge is 2.21. The van der Waals surface area contributed by atoms with E-state index in [-0.39, 0.29) is 0 Å². The largest absolute Gasteiger partial charge is 0.309 e. The van der Waals surface area contributed by atoms with E-state index in [9.17, 15) is 0 Å². The molecule has 112 valence electrons. The van der Waals surface area contributed by atoms with Crippen LogP contribution in [0.2, 0.25) is 0 Å². The molecule has 4 heteroatoms. The number of hydrogen-bond acceptors (Lipinski definition) is 4. The summed E-state index contributed by atoms with van der Waals surface area (Å²) in [5.41, 5.74) is 1.32. The zero-order valence-corrected chi connectivity index (χ0v) is 14.1. The summed E-state index contributed by atoms with van der Waals surface area (Å²) in [7, 11) is 0. The van der Waals surface area contributed by atoms with E-state index >= 15 is 0 Å². The predicted octanol–water partition coefficient (Wildman–Crippen LogP) is 4.64. The Labute approximate surface area is 135 Å². The fraction of sp³-hybridized carbons (Fsp3) is 0.471. The monoisotopic (exact) mass is 318 g/mol. The highest BCUT2D eigenvalue weighted by molar-refractivity contribution is 7.98. The Bertz CT molecular complexity index is 561. The van der Waals surface area contributed by atoms with Crippen molar-refractivity contribution in [2.75, 3.05) is 0 Å². The second kappa shape index (κ2) is 7.43. The van der Waals surface area contributed by atoms with Crippen molar-refractivity contribution in [2.45, 2.75) is 55.8 Å². The van der Waals surface area contributed by atoms with Crippen LogP contribution >= 0.6 is 23.1 Å². The van der Waals surface area contributed by atoms with Gasteiger partial charge in [-0.1, -0.05) is 31.5 Å². The number of thiazole rings is 1. The van der Waals surface area contributed by atoms with Gasteiger partial charge in [-0.15, -0.1) is 23.1 Å². The third kappa shape index (κ3) is 4.56. The van der Waals surface area contributed by atoms with Gasteiger partial charge in [-0.3, -0.25) is 0 Å². The quantitative estimate of drug-likeness (QED) is 0.718. The molecule has 1 aromatic heterocycles. The number of nitrogens with one attached hydrogen (secondary N) is 1. The zero-order chi connectivity index (χ0) is 14.5. The van der Waals surface area contributed by atoms with Crippen LogP contribution in [0, 0.1) is 0 Å². The second-order valence-corrected chi connectivity index (χ2v) is 7.70. The number of rotatable bonds is 8. The minimum atomic E-state index is 0.767. The maximum Gasteiger partial charge on any atom is 0.103 e. The van der Waals surface area contributed by atoms with Crippen LogP contribution in [0.25, 0.3) is 0 Å². The molecule has 1 N–H and O–H groups in total. The molecule has 1 aliphatic rings. The molecule has 21 heavy (non-hydrogen) atoms. The molecule has 1 saturated carbocycles. The van der Waals surface area contributed by atoms with Crippen molar-refractivity contribution >= 4 is 23.1 Å². The molecule has 0 radical (unpaired) electrons. The molecule has 2 aromatic rings. The van der Waals surface area contributed by atoms with E-state index in [0.717, 1.165) is 24.8 Å². The Kier molecular flexibility index (Phi) is 5.33. The van der Waals surface area contributed by atoms with E-state index in [0.29, 0.717) is 0 Å². The van der Waals surface area contributed by atoms with Gasteiger partial charge in [0.15, 0.2) is 0 Å². The normalized spacial score (nSPS) is 14.5. The van der Waals surface area contributed by atoms with Crippen molar-refractivity contribution in [1.82, 2.24) is 10.3 Å². The smallest absolute Gasteiger partial charge is 0.103 e. The van der Waals surface area contributed by atoms with Crippen LogP contribution in [0.5, 0.6) is 0 Å². The molecule has 1 aliphatic carbocycles. The summed E-state index contributed by atoms with van der Waals surface area (Å²) in [5.74, 6) is 0.981. The number of thioether (sulfide) groups is 1. The van der Waals surface area contributed by atoms with Crippen molar-refractivity contribution in [3.63, 3.8) is 0 Å². The first-order valence-corrected chi connectivity index (χ1v) is 9.54. The molecule has 0 bridgehead atoms. The topological polar surface area (TPSA) is 24.9 Å². The van der Waals surface area contributed by atoms with Crippen LogP contribution in [-0.2, 0) is 18.7 Å². The van der Waals surface area contributed by atoms with Gasteiger partial charge in [-0.05, 0) is 31.4 Å². The minimum absolute atomic E-state index is 0.767. The van der Waals surface area contributed by atoms with Crippen molar-refractivity contribution in [1.29, 1.82) is 0 Å². The van der Waals surface area contributed by atoms with E-state index < -0.39 is 0 Å². The highest BCUT2D eigenvalue weighted by Crippen LogP contribution is 2.28. The van der Waals surface area contributed by atoms with Gasteiger partial charge >= 0.3 is 0 Å². The van der Waals surface area contributed by atoms with Gasteiger partial charge in [0.25, 0.3) is 0 Å². The molecule has 1 fully saturated rings. The fourth-order valence-corrected chi connectivity index (χ4v) is 4.23. The number of aryl methyl sites for hydroxylation is 1. The summed E-state index contributed by atoms with van der Waals surface area (Å²) in [4.78, 5) is 7.64. The molecule has 0 spiro atoms. The summed E-state index contributed by atoms with van der Waals surface area (Å²) in [6.45, 7) is 3.24. The second-order valence-electron chi connectivity index (χ2n) is 5.48. The molecule has 0 saturated heterocycles. The molecular weight excluding hydrogens is 296 g/mol. The van der Waals surface area contributed by atoms with Crippen molar-refractivity contribution in [2.24, 2.45) is 0 Å². The Balaban J connectivity index is 1.62. The van der Waals surface area contributed by atoms with Gasteiger partial charge in [-0.25, -0.2) is 4.98 Å². The maximum absolute atomic E-state index is 4.87. The average Bonchev–Trinajstić information content (AvgIpc) is 3.26. The van der Waals surface area contributed by atoms with Gasteiger partial charge in [0.05, 0.1) is 11.4 Å². The Morgan fingerprint density at radius 1 is 1.29 bits per heavy atom. The highest BCUT2D eigenvalue weighted by atomic mass is 32.2. The van der Waals surface area contributed by atoms with Crippen molar-refractivity contribution < 1.29 is 0 Å². The van der Waals surface area contributed by atoms with Gasteiger partial charge in [-0.2, -0.15) is 0 Å². The summed E-state index contributed by atoms with van der Waals surface area (Å²) in [6.07, 6.45) is 4.97. The first-order chi connectivity index (χ1) is 10.3. The lowest BCUT2D eigenvalue weighted by Gasteiger charge is -2.01. The van der Waals surface area contributed by atoms with Crippen LogP contribution in [0.15, 0.2) is 35.2 Å². The summed E-state index contributed by atoms with van der Waals surface area (Å²) in [5, 5.41) is 4.89. The van der Waals surface area contributed by atoms with E-state index in [2.05, 4.69) is 42.6 Å². The Morgan fingerprint density at radius 2 is 2.10 bits per heavy atom. The molecule has 1 aromatic carbocycles. The molecular formula is C17H22N2S2. The third-order valence-electron chi connectivity index (χ3n) is 3.54. The summed E-state index contributed by atoms with van der Waals surface area (Å²) in [6, 6.07) is 11.4. The fourth-order valence-electron chi connectivity index (χ4n) is 2.26. The lowest BCUT2D eigenvalue weighted by Crippen LogP contribution is -2.15. The van der Waals surface area contributed by atoms with Gasteiger partial charge in [0, 0.05) is 22.4 Å². The van der Waals surface area contributed by atoms with Crippen LogP contribution in [-0.4, -0.2) is 11.0 Å². The van der Waals surface area contributed by atoms with Crippen LogP contribution in [0.4, 0.5) is 0 Å². The Morgan fingerprint density at radius 3 is 2.81 bits per heavy atom. The van der Waals surface area contributed by atoms with Crippen molar-refractivity contribution in [3.05, 3.63) is 45.9 Å². The molecule has 0 aliphatic heterocycles. The first kappa shape index (κ1) is 15.1. The van der Waals surface area contributed by atoms with Gasteiger partial charge < -0.3 is 5.32 Å². The summed E-state index contributed by atoms with van der Waals surface area (Å²) >= 11 is 3.77. The Hall–Kier alpha value is -0.840. The standard InChI is InChI=1S/C17H22N2S2/c1-2-6-15-16(11-18-13-9-10-13)21-17(19-15)12-20-14-7-4-3-5-8-14/h3-5,7-8,13,18H,2,6,9-12H2,1H3. The van der Waals surface area contributed by atoms with E-state index in [1.165, 1.54) is 39.7 Å². The number of aromatic nitrogens is 1. The lowest BCUT2D eigenvalue weighted by atomic mass is 10.2. The lowest BCUT2D eigenvalue weighted by molar-refractivity contribution is 0.686. The molecule has 1 heterocycles. The SMILES string of the molecule is CCCc1nc(CSc2ccccc2)sc1CNC1CC1. The van der Waals surface area contributed by atoms with E-state index in [1.54, 1.807) is 0 Å². The first-order valence-electron chi connectivity index (χ1n) is 7.74. The molecule has 3 rings (SSSR count). The van der Waals surface area contributed by atoms with Gasteiger partial charge in [0.1, 0.15) is 5.01 Å². The zero-order valence-electron chi connectivity index (χ0n) is 12.5. The molecule has 0 unspecified atom stereocenters. The van der Waals surface area contributed by atoms with Crippen LogP contribution in [0.1, 0.15) is 41.8 Å².